The molecule has 21 heavy (non-hydrogen) atoms. The number of nitrogens with one attached hydrogen (secondary N) is 1. The fourth-order valence-electron chi connectivity index (χ4n) is 3.07. The van der Waals surface area contributed by atoms with E-state index >= 15 is 0 Å². The molecule has 1 N–H and O–H groups in total. The van der Waals surface area contributed by atoms with E-state index in [4.69, 9.17) is 0 Å². The first kappa shape index (κ1) is 16.0. The molecular formula is C18H28N2O. The van der Waals surface area contributed by atoms with E-state index in [0.29, 0.717) is 24.3 Å². The first-order chi connectivity index (χ1) is 10.0. The van der Waals surface area contributed by atoms with E-state index in [1.807, 2.05) is 0 Å². The molecule has 3 unspecified atom stereocenters. The maximum Gasteiger partial charge on any atom is 0.223 e. The quantitative estimate of drug-likeness (QED) is 0.923. The van der Waals surface area contributed by atoms with Gasteiger partial charge in [-0.15, -0.1) is 0 Å². The van der Waals surface area contributed by atoms with Gasteiger partial charge in [0.2, 0.25) is 5.91 Å². The molecule has 1 amide bonds. The number of hydrogen-bond donors (Lipinski definition) is 1. The van der Waals surface area contributed by atoms with Gasteiger partial charge in [-0.3, -0.25) is 4.79 Å². The van der Waals surface area contributed by atoms with Gasteiger partial charge in [-0.1, -0.05) is 36.8 Å². The van der Waals surface area contributed by atoms with Crippen molar-refractivity contribution in [2.24, 2.45) is 0 Å². The second-order valence-corrected chi connectivity index (χ2v) is 6.29. The Balaban J connectivity index is 2.04. The van der Waals surface area contributed by atoms with Crippen LogP contribution in [0.3, 0.4) is 0 Å². The molecule has 2 rings (SSSR count). The predicted octanol–water partition coefficient (Wildman–Crippen LogP) is 3.09. The third-order valence-corrected chi connectivity index (χ3v) is 4.82. The van der Waals surface area contributed by atoms with Crippen LogP contribution in [-0.4, -0.2) is 36.0 Å². The molecular weight excluding hydrogens is 260 g/mol. The molecule has 1 saturated heterocycles. The highest BCUT2D eigenvalue weighted by atomic mass is 16.2. The number of aryl methyl sites for hydroxylation is 1. The van der Waals surface area contributed by atoms with Gasteiger partial charge in [-0.2, -0.15) is 0 Å². The highest BCUT2D eigenvalue weighted by molar-refractivity contribution is 5.77. The molecule has 1 aliphatic heterocycles. The zero-order valence-corrected chi connectivity index (χ0v) is 13.7. The van der Waals surface area contributed by atoms with Gasteiger partial charge in [0.25, 0.3) is 0 Å². The molecule has 1 aromatic rings. The van der Waals surface area contributed by atoms with Crippen molar-refractivity contribution in [2.75, 3.05) is 13.1 Å². The minimum absolute atomic E-state index is 0.279. The van der Waals surface area contributed by atoms with E-state index in [9.17, 15) is 4.79 Å². The Bertz CT molecular complexity index is 469. The van der Waals surface area contributed by atoms with Crippen LogP contribution in [0.1, 0.15) is 50.7 Å². The lowest BCUT2D eigenvalue weighted by Gasteiger charge is -2.39. The number of nitrogens with zero attached hydrogens (tertiary/aromatic N) is 1. The van der Waals surface area contributed by atoms with E-state index < -0.39 is 0 Å². The zero-order valence-electron chi connectivity index (χ0n) is 13.7. The third kappa shape index (κ3) is 3.85. The van der Waals surface area contributed by atoms with Gasteiger partial charge in [0, 0.05) is 31.6 Å². The summed E-state index contributed by atoms with van der Waals surface area (Å²) < 4.78 is 0. The standard InChI is InChI=1S/C18H28N2O/c1-5-16(17-8-6-13(2)7-9-17)12-18(21)20-11-10-19-14(3)15(20)4/h6-9,14-16,19H,5,10-12H2,1-4H3. The molecule has 0 saturated carbocycles. The minimum atomic E-state index is 0.279. The van der Waals surface area contributed by atoms with Crippen molar-refractivity contribution in [3.8, 4) is 0 Å². The highest BCUT2D eigenvalue weighted by Crippen LogP contribution is 2.25. The molecule has 3 nitrogen and oxygen atoms in total. The van der Waals surface area contributed by atoms with Crippen molar-refractivity contribution in [2.45, 2.75) is 58.5 Å². The lowest BCUT2D eigenvalue weighted by atomic mass is 9.91. The van der Waals surface area contributed by atoms with Crippen molar-refractivity contribution < 1.29 is 4.79 Å². The van der Waals surface area contributed by atoms with Crippen LogP contribution >= 0.6 is 0 Å². The lowest BCUT2D eigenvalue weighted by molar-refractivity contribution is -0.135. The summed E-state index contributed by atoms with van der Waals surface area (Å²) in [4.78, 5) is 14.7. The molecule has 3 heteroatoms. The van der Waals surface area contributed by atoms with Crippen LogP contribution in [0.4, 0.5) is 0 Å². The average Bonchev–Trinajstić information content (AvgIpc) is 2.48. The van der Waals surface area contributed by atoms with Crippen molar-refractivity contribution in [3.05, 3.63) is 35.4 Å². The zero-order chi connectivity index (χ0) is 15.4. The van der Waals surface area contributed by atoms with Crippen molar-refractivity contribution in [3.63, 3.8) is 0 Å². The van der Waals surface area contributed by atoms with E-state index in [0.717, 1.165) is 19.5 Å². The second-order valence-electron chi connectivity index (χ2n) is 6.29. The van der Waals surface area contributed by atoms with Crippen LogP contribution in [0.15, 0.2) is 24.3 Å². The Morgan fingerprint density at radius 1 is 1.33 bits per heavy atom. The summed E-state index contributed by atoms with van der Waals surface area (Å²) in [6, 6.07) is 9.26. The summed E-state index contributed by atoms with van der Waals surface area (Å²) in [5.41, 5.74) is 2.55. The van der Waals surface area contributed by atoms with Crippen LogP contribution in [0.25, 0.3) is 0 Å². The summed E-state index contributed by atoms with van der Waals surface area (Å²) in [7, 11) is 0. The van der Waals surface area contributed by atoms with E-state index in [-0.39, 0.29) is 6.04 Å². The first-order valence-corrected chi connectivity index (χ1v) is 8.12. The SMILES string of the molecule is CCC(CC(=O)N1CCNC(C)C1C)c1ccc(C)cc1. The third-order valence-electron chi connectivity index (χ3n) is 4.82. The summed E-state index contributed by atoms with van der Waals surface area (Å²) in [6.07, 6.45) is 1.63. The topological polar surface area (TPSA) is 32.3 Å². The predicted molar refractivity (Wildman–Crippen MR) is 87.5 cm³/mol. The fourth-order valence-corrected chi connectivity index (χ4v) is 3.07. The van der Waals surface area contributed by atoms with E-state index in [1.165, 1.54) is 11.1 Å². The van der Waals surface area contributed by atoms with Gasteiger partial charge in [0.15, 0.2) is 0 Å². The Morgan fingerprint density at radius 3 is 2.62 bits per heavy atom. The molecule has 0 bridgehead atoms. The molecule has 0 aromatic heterocycles. The summed E-state index contributed by atoms with van der Waals surface area (Å²) in [5.74, 6) is 0.624. The molecule has 1 aliphatic rings. The monoisotopic (exact) mass is 288 g/mol. The maximum absolute atomic E-state index is 12.7. The smallest absolute Gasteiger partial charge is 0.223 e. The molecule has 1 fully saturated rings. The Hall–Kier alpha value is -1.35. The molecule has 0 aliphatic carbocycles. The molecule has 116 valence electrons. The van der Waals surface area contributed by atoms with Crippen LogP contribution < -0.4 is 5.32 Å². The lowest BCUT2D eigenvalue weighted by Crippen LogP contribution is -2.57. The van der Waals surface area contributed by atoms with Crippen molar-refractivity contribution >= 4 is 5.91 Å². The molecule has 3 atom stereocenters. The van der Waals surface area contributed by atoms with Gasteiger partial charge in [0.05, 0.1) is 0 Å². The first-order valence-electron chi connectivity index (χ1n) is 8.12. The van der Waals surface area contributed by atoms with E-state index in [1.54, 1.807) is 0 Å². The summed E-state index contributed by atoms with van der Waals surface area (Å²) >= 11 is 0. The number of amides is 1. The van der Waals surface area contributed by atoms with Crippen LogP contribution in [0.2, 0.25) is 0 Å². The normalized spacial score (nSPS) is 23.9. The molecule has 1 heterocycles. The summed E-state index contributed by atoms with van der Waals surface area (Å²) in [6.45, 7) is 10.3. The number of carbonyl (C=O) groups excluding carboxylic acids is 1. The largest absolute Gasteiger partial charge is 0.337 e. The highest BCUT2D eigenvalue weighted by Gasteiger charge is 2.29. The Labute approximate surface area is 128 Å². The van der Waals surface area contributed by atoms with Crippen molar-refractivity contribution in [1.29, 1.82) is 0 Å². The van der Waals surface area contributed by atoms with Gasteiger partial charge in [-0.05, 0) is 38.7 Å². The van der Waals surface area contributed by atoms with Crippen LogP contribution in [-0.2, 0) is 4.79 Å². The van der Waals surface area contributed by atoms with Gasteiger partial charge in [0.1, 0.15) is 0 Å². The molecule has 0 spiro atoms. The second kappa shape index (κ2) is 7.08. The van der Waals surface area contributed by atoms with Gasteiger partial charge < -0.3 is 10.2 Å². The van der Waals surface area contributed by atoms with Crippen molar-refractivity contribution in [1.82, 2.24) is 10.2 Å². The minimum Gasteiger partial charge on any atom is -0.337 e. The molecule has 0 radical (unpaired) electrons. The van der Waals surface area contributed by atoms with Crippen LogP contribution in [0.5, 0.6) is 0 Å². The fraction of sp³-hybridized carbons (Fsp3) is 0.611. The summed E-state index contributed by atoms with van der Waals surface area (Å²) in [5, 5.41) is 3.43. The Morgan fingerprint density at radius 2 is 2.00 bits per heavy atom. The number of piperazine rings is 1. The van der Waals surface area contributed by atoms with Gasteiger partial charge >= 0.3 is 0 Å². The maximum atomic E-state index is 12.7. The number of rotatable bonds is 4. The number of hydrogen-bond acceptors (Lipinski definition) is 2. The Kier molecular flexibility index (Phi) is 5.40. The number of carbonyl (C=O) groups is 1. The van der Waals surface area contributed by atoms with Crippen LogP contribution in [0, 0.1) is 6.92 Å². The van der Waals surface area contributed by atoms with E-state index in [2.05, 4.69) is 62.2 Å². The average molecular weight is 288 g/mol. The molecule has 1 aromatic carbocycles. The van der Waals surface area contributed by atoms with Gasteiger partial charge in [-0.25, -0.2) is 0 Å². The number of benzene rings is 1.